The van der Waals surface area contributed by atoms with Gasteiger partial charge in [-0.3, -0.25) is 0 Å². The molecule has 0 saturated heterocycles. The zero-order valence-electron chi connectivity index (χ0n) is 29.5. The van der Waals surface area contributed by atoms with E-state index < -0.39 is 0 Å². The summed E-state index contributed by atoms with van der Waals surface area (Å²) in [6.45, 7) is 0. The maximum absolute atomic E-state index is 6.82. The molecule has 0 spiro atoms. The zero-order valence-corrected chi connectivity index (χ0v) is 30.3. The molecule has 7 aromatic carbocycles. The Labute approximate surface area is 316 Å². The molecular weight excluding hydrogens is 673 g/mol. The second kappa shape index (κ2) is 11.6. The van der Waals surface area contributed by atoms with Crippen LogP contribution in [0.4, 0.5) is 0 Å². The van der Waals surface area contributed by atoms with Gasteiger partial charge in [-0.05, 0) is 103 Å². The monoisotopic (exact) mass is 706 g/mol. The van der Waals surface area contributed by atoms with Crippen LogP contribution >= 0.6 is 11.3 Å². The lowest BCUT2D eigenvalue weighted by Crippen LogP contribution is -2.24. The van der Waals surface area contributed by atoms with Crippen molar-refractivity contribution in [3.63, 3.8) is 0 Å². The quantitative estimate of drug-likeness (QED) is 0.167. The summed E-state index contributed by atoms with van der Waals surface area (Å²) in [7, 11) is 0. The molecule has 0 radical (unpaired) electrons. The number of allylic oxidation sites excluding steroid dienone is 12. The minimum absolute atomic E-state index is 0.421. The highest BCUT2D eigenvalue weighted by Gasteiger charge is 2.31. The summed E-state index contributed by atoms with van der Waals surface area (Å²) in [5, 5.41) is 12.5. The van der Waals surface area contributed by atoms with E-state index in [4.69, 9.17) is 4.42 Å². The van der Waals surface area contributed by atoms with Gasteiger partial charge in [0.2, 0.25) is 0 Å². The van der Waals surface area contributed by atoms with Gasteiger partial charge in [-0.1, -0.05) is 146 Å². The van der Waals surface area contributed by atoms with Crippen LogP contribution in [0.15, 0.2) is 186 Å². The third-order valence-electron chi connectivity index (χ3n) is 12.2. The molecule has 0 amide bonds. The largest absolute Gasteiger partial charge is 0.455 e. The molecule has 3 unspecified atom stereocenters. The van der Waals surface area contributed by atoms with Gasteiger partial charge in [0, 0.05) is 42.2 Å². The molecule has 9 aromatic rings. The van der Waals surface area contributed by atoms with Gasteiger partial charge in [-0.25, -0.2) is 0 Å². The first-order valence-electron chi connectivity index (χ1n) is 19.0. The molecule has 3 atom stereocenters. The van der Waals surface area contributed by atoms with Crippen LogP contribution in [-0.2, 0) is 0 Å². The number of thiophene rings is 1. The summed E-state index contributed by atoms with van der Waals surface area (Å²) >= 11 is 1.86. The molecule has 0 saturated carbocycles. The highest BCUT2D eigenvalue weighted by atomic mass is 32.1. The van der Waals surface area contributed by atoms with Gasteiger partial charge >= 0.3 is 0 Å². The van der Waals surface area contributed by atoms with Crippen LogP contribution in [0.1, 0.15) is 12.0 Å². The Morgan fingerprint density at radius 2 is 1.28 bits per heavy atom. The maximum Gasteiger partial charge on any atom is 0.143 e. The number of hydrogen-bond acceptors (Lipinski definition) is 2. The SMILES string of the molecule is C1=CC2=CC=CC(C3C=CC=C(c4c5ccccc5c(-c5ccc6oc7c(ccc8ccc9sc%10ccccc%10c9c87)c6c5)c5ccccc45)C3)C2C=C1. The summed E-state index contributed by atoms with van der Waals surface area (Å²) in [5.41, 5.74) is 8.58. The van der Waals surface area contributed by atoms with Gasteiger partial charge in [-0.15, -0.1) is 11.3 Å². The topological polar surface area (TPSA) is 13.1 Å². The lowest BCUT2D eigenvalue weighted by Gasteiger charge is -2.34. The average Bonchev–Trinajstić information content (AvgIpc) is 3.81. The van der Waals surface area contributed by atoms with Crippen molar-refractivity contribution < 1.29 is 4.42 Å². The standard InChI is InChI=1S/C52H34OS/c1-2-15-36-31(11-1)12-10-21-37(36)33-13-9-14-34(29-33)48-38-16-3-5-18-40(38)49(41-19-6-4-17-39(41)48)35-24-27-45-44(30-35)42-26-23-32-25-28-47-51(50(32)52(42)53-45)43-20-7-8-22-46(43)54-47/h1-28,30,33,36-37H,29H2. The van der Waals surface area contributed by atoms with Crippen molar-refractivity contribution in [2.45, 2.75) is 6.42 Å². The molecule has 2 heterocycles. The van der Waals surface area contributed by atoms with Gasteiger partial charge in [0.25, 0.3) is 0 Å². The Kier molecular flexibility index (Phi) is 6.52. The number of furan rings is 1. The third-order valence-corrected chi connectivity index (χ3v) is 13.4. The van der Waals surface area contributed by atoms with Crippen LogP contribution < -0.4 is 0 Å². The number of fused-ring (bicyclic) bond motifs is 12. The minimum Gasteiger partial charge on any atom is -0.455 e. The second-order valence-electron chi connectivity index (χ2n) is 15.1. The number of hydrogen-bond donors (Lipinski definition) is 0. The summed E-state index contributed by atoms with van der Waals surface area (Å²) in [4.78, 5) is 0. The van der Waals surface area contributed by atoms with Crippen molar-refractivity contribution in [3.05, 3.63) is 187 Å². The van der Waals surface area contributed by atoms with E-state index in [9.17, 15) is 0 Å². The summed E-state index contributed by atoms with van der Waals surface area (Å²) in [6.07, 6.45) is 24.1. The molecule has 0 N–H and O–H groups in total. The maximum atomic E-state index is 6.82. The second-order valence-corrected chi connectivity index (χ2v) is 16.2. The van der Waals surface area contributed by atoms with E-state index in [2.05, 4.69) is 176 Å². The van der Waals surface area contributed by atoms with E-state index in [-0.39, 0.29) is 0 Å². The molecule has 54 heavy (non-hydrogen) atoms. The molecule has 254 valence electrons. The molecule has 12 rings (SSSR count). The van der Waals surface area contributed by atoms with Crippen molar-refractivity contribution >= 4 is 91.3 Å². The van der Waals surface area contributed by atoms with E-state index in [1.165, 1.54) is 80.3 Å². The molecule has 3 aliphatic rings. The Balaban J connectivity index is 1.04. The molecule has 0 bridgehead atoms. The first-order valence-corrected chi connectivity index (χ1v) is 19.8. The highest BCUT2D eigenvalue weighted by molar-refractivity contribution is 7.26. The van der Waals surface area contributed by atoms with Crippen LogP contribution in [0, 0.1) is 17.8 Å². The predicted molar refractivity (Wildman–Crippen MR) is 232 cm³/mol. The zero-order chi connectivity index (χ0) is 35.3. The van der Waals surface area contributed by atoms with Crippen molar-refractivity contribution in [3.8, 4) is 11.1 Å². The van der Waals surface area contributed by atoms with Gasteiger partial charge in [0.1, 0.15) is 11.2 Å². The van der Waals surface area contributed by atoms with Crippen molar-refractivity contribution in [2.75, 3.05) is 0 Å². The van der Waals surface area contributed by atoms with E-state index in [0.29, 0.717) is 17.8 Å². The Bertz CT molecular complexity index is 3200. The predicted octanol–water partition coefficient (Wildman–Crippen LogP) is 14.9. The molecule has 2 heteroatoms. The first-order chi connectivity index (χ1) is 26.8. The van der Waals surface area contributed by atoms with Gasteiger partial charge < -0.3 is 4.42 Å². The number of benzene rings is 7. The summed E-state index contributed by atoms with van der Waals surface area (Å²) in [5.74, 6) is 1.28. The fourth-order valence-electron chi connectivity index (χ4n) is 9.87. The van der Waals surface area contributed by atoms with Gasteiger partial charge in [0.15, 0.2) is 0 Å². The Hall–Kier alpha value is -6.22. The molecule has 0 aliphatic heterocycles. The fourth-order valence-corrected chi connectivity index (χ4v) is 11.0. The van der Waals surface area contributed by atoms with Crippen molar-refractivity contribution in [2.24, 2.45) is 17.8 Å². The lowest BCUT2D eigenvalue weighted by molar-refractivity contribution is 0.410. The lowest BCUT2D eigenvalue weighted by atomic mass is 9.70. The molecule has 2 aromatic heterocycles. The highest BCUT2D eigenvalue weighted by Crippen LogP contribution is 2.48. The molecule has 1 nitrogen and oxygen atoms in total. The Morgan fingerprint density at radius 3 is 2.11 bits per heavy atom. The van der Waals surface area contributed by atoms with Gasteiger partial charge in [0.05, 0.1) is 0 Å². The third kappa shape index (κ3) is 4.38. The summed E-state index contributed by atoms with van der Waals surface area (Å²) < 4.78 is 9.43. The van der Waals surface area contributed by atoms with Crippen LogP contribution in [0.2, 0.25) is 0 Å². The van der Waals surface area contributed by atoms with E-state index >= 15 is 0 Å². The molecule has 3 aliphatic carbocycles. The smallest absolute Gasteiger partial charge is 0.143 e. The summed E-state index contributed by atoms with van der Waals surface area (Å²) in [6, 6.07) is 42.7. The normalized spacial score (nSPS) is 19.5. The molecule has 0 fully saturated rings. The minimum atomic E-state index is 0.421. The number of rotatable bonds is 3. The average molecular weight is 707 g/mol. The van der Waals surface area contributed by atoms with E-state index in [1.54, 1.807) is 0 Å². The van der Waals surface area contributed by atoms with Crippen molar-refractivity contribution in [1.82, 2.24) is 0 Å². The first kappa shape index (κ1) is 30.3. The van der Waals surface area contributed by atoms with Crippen molar-refractivity contribution in [1.29, 1.82) is 0 Å². The van der Waals surface area contributed by atoms with Crippen LogP contribution in [0.5, 0.6) is 0 Å². The van der Waals surface area contributed by atoms with Crippen LogP contribution in [0.3, 0.4) is 0 Å². The van der Waals surface area contributed by atoms with E-state index in [0.717, 1.165) is 28.4 Å². The van der Waals surface area contributed by atoms with Crippen LogP contribution in [-0.4, -0.2) is 0 Å². The van der Waals surface area contributed by atoms with Gasteiger partial charge in [-0.2, -0.15) is 0 Å². The van der Waals surface area contributed by atoms with E-state index in [1.807, 2.05) is 11.3 Å². The van der Waals surface area contributed by atoms with Crippen LogP contribution in [0.25, 0.3) is 91.1 Å². The Morgan fingerprint density at radius 1 is 0.537 bits per heavy atom. The molecular formula is C52H34OS. The fraction of sp³-hybridized carbons (Fsp3) is 0.0769.